The van der Waals surface area contributed by atoms with Crippen molar-refractivity contribution in [2.75, 3.05) is 13.1 Å². The molecule has 0 heterocycles. The highest BCUT2D eigenvalue weighted by molar-refractivity contribution is 6.01. The molecule has 1 N–H and O–H groups in total. The first-order valence-corrected chi connectivity index (χ1v) is 9.72. The van der Waals surface area contributed by atoms with Gasteiger partial charge in [0.25, 0.3) is 5.91 Å². The standard InChI is InChI=1S/C22H20FN3O7/c1-3-25(4-2)21(28)16(12-24)9-14-10-18(26(30)31)20(27)19(11-14)33-22(29)32-13-15-7-5-6-8-17(15)23/h5-11,27H,3-4,13H2,1-2H3. The van der Waals surface area contributed by atoms with Crippen LogP contribution >= 0.6 is 0 Å². The summed E-state index contributed by atoms with van der Waals surface area (Å²) in [6.07, 6.45) is -0.284. The van der Waals surface area contributed by atoms with E-state index in [1.54, 1.807) is 19.9 Å². The van der Waals surface area contributed by atoms with Gasteiger partial charge in [0.05, 0.1) is 4.92 Å². The summed E-state index contributed by atoms with van der Waals surface area (Å²) < 4.78 is 23.3. The molecule has 0 saturated carbocycles. The van der Waals surface area contributed by atoms with Crippen LogP contribution in [0.3, 0.4) is 0 Å². The second kappa shape index (κ2) is 11.2. The molecule has 0 unspecified atom stereocenters. The quantitative estimate of drug-likeness (QED) is 0.157. The molecule has 11 heteroatoms. The molecule has 0 saturated heterocycles. The summed E-state index contributed by atoms with van der Waals surface area (Å²) in [5.74, 6) is -2.81. The number of hydrogen-bond donors (Lipinski definition) is 1. The molecule has 10 nitrogen and oxygen atoms in total. The number of nitriles is 1. The van der Waals surface area contributed by atoms with E-state index in [1.165, 1.54) is 29.2 Å². The number of phenols is 1. The number of nitro benzene ring substituents is 1. The van der Waals surface area contributed by atoms with E-state index in [9.17, 15) is 34.5 Å². The smallest absolute Gasteiger partial charge is 0.499 e. The number of nitrogens with zero attached hydrogens (tertiary/aromatic N) is 3. The third-order valence-electron chi connectivity index (χ3n) is 4.48. The lowest BCUT2D eigenvalue weighted by molar-refractivity contribution is -0.385. The molecule has 0 aliphatic carbocycles. The maximum atomic E-state index is 13.6. The molecular formula is C22H20FN3O7. The van der Waals surface area contributed by atoms with Crippen LogP contribution in [0.2, 0.25) is 0 Å². The van der Waals surface area contributed by atoms with Crippen LogP contribution in [0, 0.1) is 27.3 Å². The van der Waals surface area contributed by atoms with Gasteiger partial charge >= 0.3 is 11.8 Å². The third kappa shape index (κ3) is 6.27. The highest BCUT2D eigenvalue weighted by Gasteiger charge is 2.23. The number of benzene rings is 2. The van der Waals surface area contributed by atoms with Crippen LogP contribution < -0.4 is 4.74 Å². The number of rotatable bonds is 8. The van der Waals surface area contributed by atoms with Crippen LogP contribution in [0.1, 0.15) is 25.0 Å². The van der Waals surface area contributed by atoms with Gasteiger partial charge in [-0.3, -0.25) is 14.9 Å². The Kier molecular flexibility index (Phi) is 8.45. The molecule has 1 amide bonds. The van der Waals surface area contributed by atoms with Crippen molar-refractivity contribution in [1.29, 1.82) is 5.26 Å². The summed E-state index contributed by atoms with van der Waals surface area (Å²) in [7, 11) is 0. The molecule has 0 radical (unpaired) electrons. The molecular weight excluding hydrogens is 437 g/mol. The Labute approximate surface area is 188 Å². The number of ether oxygens (including phenoxy) is 2. The third-order valence-corrected chi connectivity index (χ3v) is 4.48. The zero-order valence-electron chi connectivity index (χ0n) is 17.8. The molecule has 0 bridgehead atoms. The molecule has 0 spiro atoms. The van der Waals surface area contributed by atoms with Crippen LogP contribution in [0.25, 0.3) is 6.08 Å². The first kappa shape index (κ1) is 24.8. The molecule has 172 valence electrons. The molecule has 33 heavy (non-hydrogen) atoms. The molecule has 2 rings (SSSR count). The van der Waals surface area contributed by atoms with Gasteiger partial charge in [-0.05, 0) is 37.6 Å². The van der Waals surface area contributed by atoms with Crippen LogP contribution in [-0.2, 0) is 16.1 Å². The summed E-state index contributed by atoms with van der Waals surface area (Å²) in [6.45, 7) is 3.64. The predicted molar refractivity (Wildman–Crippen MR) is 113 cm³/mol. The Morgan fingerprint density at radius 1 is 1.27 bits per heavy atom. The van der Waals surface area contributed by atoms with Crippen molar-refractivity contribution in [3.05, 3.63) is 69.0 Å². The van der Waals surface area contributed by atoms with Gasteiger partial charge in [0.1, 0.15) is 24.1 Å². The Morgan fingerprint density at radius 2 is 1.94 bits per heavy atom. The Hall–Kier alpha value is -4.46. The fourth-order valence-electron chi connectivity index (χ4n) is 2.78. The Morgan fingerprint density at radius 3 is 2.52 bits per heavy atom. The summed E-state index contributed by atoms with van der Waals surface area (Å²) >= 11 is 0. The monoisotopic (exact) mass is 457 g/mol. The first-order chi connectivity index (χ1) is 15.7. The number of likely N-dealkylation sites (N-methyl/N-ethyl adjacent to an activating group) is 1. The number of carbonyl (C=O) groups excluding carboxylic acids is 2. The van der Waals surface area contributed by atoms with Gasteiger partial charge in [0, 0.05) is 24.7 Å². The minimum absolute atomic E-state index is 0.0477. The predicted octanol–water partition coefficient (Wildman–Crippen LogP) is 3.93. The number of amides is 1. The lowest BCUT2D eigenvalue weighted by Gasteiger charge is -2.17. The average Bonchev–Trinajstić information content (AvgIpc) is 2.79. The molecule has 0 aromatic heterocycles. The van der Waals surface area contributed by atoms with Gasteiger partial charge in [-0.15, -0.1) is 0 Å². The largest absolute Gasteiger partial charge is 0.514 e. The number of phenolic OH excluding ortho intramolecular Hbond substituents is 1. The number of aromatic hydroxyl groups is 1. The van der Waals surface area contributed by atoms with Gasteiger partial charge in [-0.25, -0.2) is 9.18 Å². The minimum Gasteiger partial charge on any atom is -0.499 e. The average molecular weight is 457 g/mol. The highest BCUT2D eigenvalue weighted by Crippen LogP contribution is 2.38. The summed E-state index contributed by atoms with van der Waals surface area (Å²) in [5.41, 5.74) is -1.12. The van der Waals surface area contributed by atoms with Crippen molar-refractivity contribution in [1.82, 2.24) is 4.90 Å². The van der Waals surface area contributed by atoms with Gasteiger partial charge in [0.15, 0.2) is 5.75 Å². The second-order valence-electron chi connectivity index (χ2n) is 6.52. The zero-order chi connectivity index (χ0) is 24.5. The van der Waals surface area contributed by atoms with E-state index in [0.717, 1.165) is 18.2 Å². The number of nitro groups is 1. The highest BCUT2D eigenvalue weighted by atomic mass is 19.1. The maximum Gasteiger partial charge on any atom is 0.514 e. The first-order valence-electron chi connectivity index (χ1n) is 9.72. The van der Waals surface area contributed by atoms with Crippen LogP contribution in [-0.4, -0.2) is 40.1 Å². The van der Waals surface area contributed by atoms with E-state index in [0.29, 0.717) is 13.1 Å². The van der Waals surface area contributed by atoms with Crippen LogP contribution in [0.15, 0.2) is 42.0 Å². The maximum absolute atomic E-state index is 13.6. The van der Waals surface area contributed by atoms with Gasteiger partial charge in [-0.1, -0.05) is 18.2 Å². The van der Waals surface area contributed by atoms with E-state index in [4.69, 9.17) is 9.47 Å². The van der Waals surface area contributed by atoms with Crippen molar-refractivity contribution >= 4 is 23.8 Å². The van der Waals surface area contributed by atoms with Crippen molar-refractivity contribution in [2.24, 2.45) is 0 Å². The molecule has 0 atom stereocenters. The van der Waals surface area contributed by atoms with E-state index in [2.05, 4.69) is 0 Å². The number of halogens is 1. The van der Waals surface area contributed by atoms with Crippen molar-refractivity contribution in [2.45, 2.75) is 20.5 Å². The second-order valence-corrected chi connectivity index (χ2v) is 6.52. The van der Waals surface area contributed by atoms with E-state index in [-0.39, 0.29) is 16.7 Å². The Bertz CT molecular complexity index is 1140. The molecule has 2 aromatic rings. The molecule has 0 fully saturated rings. The minimum atomic E-state index is -1.36. The zero-order valence-corrected chi connectivity index (χ0v) is 17.8. The van der Waals surface area contributed by atoms with Gasteiger partial charge in [-0.2, -0.15) is 5.26 Å². The number of carbonyl (C=O) groups is 2. The lowest BCUT2D eigenvalue weighted by Crippen LogP contribution is -2.31. The lowest BCUT2D eigenvalue weighted by atomic mass is 10.1. The Balaban J connectivity index is 2.34. The van der Waals surface area contributed by atoms with E-state index < -0.39 is 46.6 Å². The normalized spacial score (nSPS) is 10.8. The molecule has 0 aliphatic rings. The van der Waals surface area contributed by atoms with E-state index >= 15 is 0 Å². The van der Waals surface area contributed by atoms with Gasteiger partial charge in [0.2, 0.25) is 5.75 Å². The SMILES string of the molecule is CCN(CC)C(=O)C(C#N)=Cc1cc(OC(=O)OCc2ccccc2F)c(O)c([N+](=O)[O-])c1. The fraction of sp³-hybridized carbons (Fsp3) is 0.227. The van der Waals surface area contributed by atoms with Crippen molar-refractivity contribution in [3.8, 4) is 17.6 Å². The van der Waals surface area contributed by atoms with Crippen molar-refractivity contribution in [3.63, 3.8) is 0 Å². The summed E-state index contributed by atoms with van der Waals surface area (Å²) in [6, 6.07) is 9.21. The molecule has 0 aliphatic heterocycles. The van der Waals surface area contributed by atoms with E-state index in [1.807, 2.05) is 0 Å². The number of hydrogen-bond acceptors (Lipinski definition) is 8. The summed E-state index contributed by atoms with van der Waals surface area (Å²) in [5, 5.41) is 30.8. The fourth-order valence-corrected chi connectivity index (χ4v) is 2.78. The topological polar surface area (TPSA) is 143 Å². The van der Waals surface area contributed by atoms with Crippen LogP contribution in [0.4, 0.5) is 14.9 Å². The van der Waals surface area contributed by atoms with Crippen LogP contribution in [0.5, 0.6) is 11.5 Å². The molecule has 2 aromatic carbocycles. The summed E-state index contributed by atoms with van der Waals surface area (Å²) in [4.78, 5) is 36.2. The van der Waals surface area contributed by atoms with Crippen molar-refractivity contribution < 1.29 is 33.5 Å². The van der Waals surface area contributed by atoms with Gasteiger partial charge < -0.3 is 19.5 Å².